The number of nitrogens with two attached hydrogens (primary N) is 1. The van der Waals surface area contributed by atoms with Crippen molar-refractivity contribution in [3.05, 3.63) is 23.3 Å². The van der Waals surface area contributed by atoms with Gasteiger partial charge in [-0.3, -0.25) is 0 Å². The summed E-state index contributed by atoms with van der Waals surface area (Å²) in [5, 5.41) is 0. The largest absolute Gasteiger partial charge is 0.398 e. The number of rotatable bonds is 0. The molecule has 2 heteroatoms. The van der Waals surface area contributed by atoms with Crippen LogP contribution < -0.4 is 5.73 Å². The third-order valence-electron chi connectivity index (χ3n) is 2.55. The van der Waals surface area contributed by atoms with Gasteiger partial charge >= 0.3 is 0 Å². The lowest BCUT2D eigenvalue weighted by Gasteiger charge is -2.18. The Morgan fingerprint density at radius 1 is 1.17 bits per heavy atom. The highest BCUT2D eigenvalue weighted by Gasteiger charge is 2.12. The van der Waals surface area contributed by atoms with Gasteiger partial charge in [0.05, 0.1) is 0 Å². The maximum Gasteiger partial charge on any atom is 0.0484 e. The van der Waals surface area contributed by atoms with E-state index in [0.717, 1.165) is 17.0 Å². The van der Waals surface area contributed by atoms with E-state index in [4.69, 9.17) is 5.73 Å². The van der Waals surface area contributed by atoms with Crippen LogP contribution >= 0.6 is 12.6 Å². The number of hydrogen-bond acceptors (Lipinski definition) is 2. The Morgan fingerprint density at radius 2 is 1.92 bits per heavy atom. The van der Waals surface area contributed by atoms with Gasteiger partial charge in [-0.05, 0) is 42.9 Å². The highest BCUT2D eigenvalue weighted by atomic mass is 32.1. The third kappa shape index (κ3) is 1.20. The van der Waals surface area contributed by atoms with Crippen molar-refractivity contribution >= 4 is 18.3 Å². The molecule has 12 heavy (non-hydrogen) atoms. The van der Waals surface area contributed by atoms with Gasteiger partial charge in [0.1, 0.15) is 0 Å². The smallest absolute Gasteiger partial charge is 0.0484 e. The summed E-state index contributed by atoms with van der Waals surface area (Å²) in [7, 11) is 0. The highest BCUT2D eigenvalue weighted by Crippen LogP contribution is 2.30. The van der Waals surface area contributed by atoms with Crippen molar-refractivity contribution in [1.29, 1.82) is 0 Å². The zero-order valence-electron chi connectivity index (χ0n) is 7.01. The van der Waals surface area contributed by atoms with E-state index in [1.54, 1.807) is 0 Å². The lowest BCUT2D eigenvalue weighted by molar-refractivity contribution is 0.686. The number of benzene rings is 1. The van der Waals surface area contributed by atoms with Gasteiger partial charge in [-0.2, -0.15) is 0 Å². The Kier molecular flexibility index (Phi) is 2.01. The first-order valence-corrected chi connectivity index (χ1v) is 4.83. The number of aryl methyl sites for hydroxylation is 1. The summed E-state index contributed by atoms with van der Waals surface area (Å²) in [5.41, 5.74) is 9.59. The van der Waals surface area contributed by atoms with Gasteiger partial charge in [0.2, 0.25) is 0 Å². The maximum absolute atomic E-state index is 5.93. The van der Waals surface area contributed by atoms with Crippen LogP contribution in [0.2, 0.25) is 0 Å². The van der Waals surface area contributed by atoms with Crippen LogP contribution in [0, 0.1) is 0 Å². The monoisotopic (exact) mass is 179 g/mol. The first-order valence-electron chi connectivity index (χ1n) is 4.38. The molecule has 0 radical (unpaired) electrons. The molecule has 0 aromatic heterocycles. The molecule has 0 amide bonds. The van der Waals surface area contributed by atoms with E-state index in [2.05, 4.69) is 18.7 Å². The van der Waals surface area contributed by atoms with E-state index < -0.39 is 0 Å². The van der Waals surface area contributed by atoms with Crippen LogP contribution in [0.15, 0.2) is 17.0 Å². The molecule has 1 nitrogen and oxygen atoms in total. The van der Waals surface area contributed by atoms with Crippen LogP contribution in [-0.4, -0.2) is 0 Å². The topological polar surface area (TPSA) is 26.0 Å². The summed E-state index contributed by atoms with van der Waals surface area (Å²) in [5.74, 6) is 0. The Balaban J connectivity index is 2.54. The molecule has 1 aromatic rings. The molecule has 0 saturated carbocycles. The van der Waals surface area contributed by atoms with E-state index in [-0.39, 0.29) is 0 Å². The second-order valence-electron chi connectivity index (χ2n) is 3.34. The lowest BCUT2D eigenvalue weighted by Crippen LogP contribution is -2.06. The number of nitrogen functional groups attached to an aromatic ring is 1. The van der Waals surface area contributed by atoms with E-state index in [1.165, 1.54) is 30.4 Å². The minimum Gasteiger partial charge on any atom is -0.398 e. The number of anilines is 1. The van der Waals surface area contributed by atoms with Crippen LogP contribution in [0.4, 0.5) is 5.69 Å². The molecule has 1 aliphatic rings. The van der Waals surface area contributed by atoms with Gasteiger partial charge in [-0.15, -0.1) is 12.6 Å². The second kappa shape index (κ2) is 3.02. The Bertz CT molecular complexity index is 307. The molecule has 0 heterocycles. The number of hydrogen-bond donors (Lipinski definition) is 2. The molecular weight excluding hydrogens is 166 g/mol. The fourth-order valence-corrected chi connectivity index (χ4v) is 2.05. The van der Waals surface area contributed by atoms with Gasteiger partial charge in [-0.1, -0.05) is 6.07 Å². The van der Waals surface area contributed by atoms with Gasteiger partial charge in [-0.25, -0.2) is 0 Å². The molecule has 0 unspecified atom stereocenters. The minimum atomic E-state index is 0.899. The molecule has 0 spiro atoms. The summed E-state index contributed by atoms with van der Waals surface area (Å²) >= 11 is 4.31. The quantitative estimate of drug-likeness (QED) is 0.464. The average molecular weight is 179 g/mol. The molecule has 0 aliphatic heterocycles. The summed E-state index contributed by atoms with van der Waals surface area (Å²) in [6.45, 7) is 0. The fourth-order valence-electron chi connectivity index (χ4n) is 1.84. The van der Waals surface area contributed by atoms with Crippen LogP contribution in [0.25, 0.3) is 0 Å². The predicted octanol–water partition coefficient (Wildman–Crippen LogP) is 2.44. The van der Waals surface area contributed by atoms with Gasteiger partial charge in [0.15, 0.2) is 0 Å². The minimum absolute atomic E-state index is 0.899. The highest BCUT2D eigenvalue weighted by molar-refractivity contribution is 7.80. The molecule has 0 saturated heterocycles. The summed E-state index contributed by atoms with van der Waals surface area (Å²) in [6, 6.07) is 4.16. The van der Waals surface area contributed by atoms with Gasteiger partial charge < -0.3 is 5.73 Å². The van der Waals surface area contributed by atoms with Crippen molar-refractivity contribution < 1.29 is 0 Å². The lowest BCUT2D eigenvalue weighted by atomic mass is 9.91. The standard InChI is InChI=1S/C10H13NS/c11-10-8-4-2-1-3-7(8)5-6-9(10)12/h5-6,12H,1-4,11H2. The van der Waals surface area contributed by atoms with Gasteiger partial charge in [0.25, 0.3) is 0 Å². The van der Waals surface area contributed by atoms with Crippen LogP contribution in [0.3, 0.4) is 0 Å². The Morgan fingerprint density at radius 3 is 2.75 bits per heavy atom. The summed E-state index contributed by atoms with van der Waals surface area (Å²) in [4.78, 5) is 0.927. The molecule has 0 fully saturated rings. The first kappa shape index (κ1) is 7.99. The molecule has 0 bridgehead atoms. The van der Waals surface area contributed by atoms with Gasteiger partial charge in [0, 0.05) is 10.6 Å². The zero-order valence-corrected chi connectivity index (χ0v) is 7.90. The van der Waals surface area contributed by atoms with E-state index in [0.29, 0.717) is 0 Å². The van der Waals surface area contributed by atoms with Crippen molar-refractivity contribution in [3.8, 4) is 0 Å². The Hall–Kier alpha value is -0.630. The van der Waals surface area contributed by atoms with E-state index in [1.807, 2.05) is 6.07 Å². The molecule has 1 aromatic carbocycles. The molecule has 2 N–H and O–H groups in total. The molecule has 2 rings (SSSR count). The van der Waals surface area contributed by atoms with Crippen LogP contribution in [0.5, 0.6) is 0 Å². The summed E-state index contributed by atoms with van der Waals surface area (Å²) in [6.07, 6.45) is 4.90. The van der Waals surface area contributed by atoms with Crippen molar-refractivity contribution in [2.45, 2.75) is 30.6 Å². The van der Waals surface area contributed by atoms with Crippen LogP contribution in [0.1, 0.15) is 24.0 Å². The average Bonchev–Trinajstić information content (AvgIpc) is 2.12. The SMILES string of the molecule is Nc1c(S)ccc2c1CCCC2. The maximum atomic E-state index is 5.93. The van der Waals surface area contributed by atoms with E-state index in [9.17, 15) is 0 Å². The first-order chi connectivity index (χ1) is 5.79. The van der Waals surface area contributed by atoms with Crippen molar-refractivity contribution in [2.75, 3.05) is 5.73 Å². The molecule has 1 aliphatic carbocycles. The molecular formula is C10H13NS. The fraction of sp³-hybridized carbons (Fsp3) is 0.400. The molecule has 64 valence electrons. The Labute approximate surface area is 78.4 Å². The second-order valence-corrected chi connectivity index (χ2v) is 3.82. The van der Waals surface area contributed by atoms with Crippen molar-refractivity contribution in [3.63, 3.8) is 0 Å². The summed E-state index contributed by atoms with van der Waals surface area (Å²) < 4.78 is 0. The van der Waals surface area contributed by atoms with E-state index >= 15 is 0 Å². The van der Waals surface area contributed by atoms with Crippen molar-refractivity contribution in [2.24, 2.45) is 0 Å². The normalized spacial score (nSPS) is 15.8. The number of fused-ring (bicyclic) bond motifs is 1. The van der Waals surface area contributed by atoms with Crippen molar-refractivity contribution in [1.82, 2.24) is 0 Å². The third-order valence-corrected chi connectivity index (χ3v) is 2.94. The zero-order chi connectivity index (χ0) is 8.55. The predicted molar refractivity (Wildman–Crippen MR) is 54.7 cm³/mol. The molecule has 0 atom stereocenters. The number of thiol groups is 1. The van der Waals surface area contributed by atoms with Crippen LogP contribution in [-0.2, 0) is 12.8 Å².